The van der Waals surface area contributed by atoms with Crippen LogP contribution >= 0.6 is 23.2 Å². The predicted molar refractivity (Wildman–Crippen MR) is 75.6 cm³/mol. The fourth-order valence-corrected chi connectivity index (χ4v) is 1.93. The average molecular weight is 311 g/mol. The highest BCUT2D eigenvalue weighted by Crippen LogP contribution is 2.25. The van der Waals surface area contributed by atoms with Gasteiger partial charge in [-0.3, -0.25) is 4.79 Å². The maximum Gasteiger partial charge on any atom is 0.354 e. The molecule has 7 heteroatoms. The number of anilines is 1. The van der Waals surface area contributed by atoms with E-state index in [1.807, 2.05) is 0 Å². The Morgan fingerprint density at radius 2 is 1.90 bits per heavy atom. The lowest BCUT2D eigenvalue weighted by Crippen LogP contribution is -2.13. The van der Waals surface area contributed by atoms with E-state index in [-0.39, 0.29) is 11.3 Å². The number of rotatable bonds is 3. The molecule has 1 aromatic heterocycles. The van der Waals surface area contributed by atoms with Crippen molar-refractivity contribution in [1.29, 1.82) is 0 Å². The Kier molecular flexibility index (Phi) is 4.22. The van der Waals surface area contributed by atoms with Crippen molar-refractivity contribution in [2.24, 2.45) is 0 Å². The summed E-state index contributed by atoms with van der Waals surface area (Å²) in [7, 11) is 0. The van der Waals surface area contributed by atoms with Gasteiger partial charge in [0.2, 0.25) is 0 Å². The number of halogens is 2. The molecule has 0 bridgehead atoms. The Morgan fingerprint density at radius 3 is 2.55 bits per heavy atom. The van der Waals surface area contributed by atoms with Crippen molar-refractivity contribution in [2.75, 3.05) is 5.32 Å². The summed E-state index contributed by atoms with van der Waals surface area (Å²) in [5.74, 6) is -1.69. The van der Waals surface area contributed by atoms with Crippen LogP contribution in [-0.2, 0) is 0 Å². The molecule has 2 aromatic rings. The van der Waals surface area contributed by atoms with Gasteiger partial charge in [-0.2, -0.15) is 0 Å². The number of carboxylic acid groups (broad SMARTS) is 1. The molecule has 5 nitrogen and oxygen atoms in total. The first-order valence-corrected chi connectivity index (χ1v) is 6.18. The molecular formula is C13H8Cl2N2O3. The van der Waals surface area contributed by atoms with Crippen molar-refractivity contribution < 1.29 is 14.7 Å². The topological polar surface area (TPSA) is 79.3 Å². The van der Waals surface area contributed by atoms with Crippen molar-refractivity contribution in [2.45, 2.75) is 0 Å². The minimum absolute atomic E-state index is 0.170. The van der Waals surface area contributed by atoms with Gasteiger partial charge in [-0.25, -0.2) is 9.78 Å². The predicted octanol–water partition coefficient (Wildman–Crippen LogP) is 3.34. The molecule has 0 saturated carbocycles. The van der Waals surface area contributed by atoms with E-state index in [4.69, 9.17) is 28.3 Å². The van der Waals surface area contributed by atoms with Crippen LogP contribution in [0.5, 0.6) is 0 Å². The zero-order chi connectivity index (χ0) is 14.7. The molecule has 0 atom stereocenters. The zero-order valence-electron chi connectivity index (χ0n) is 9.93. The number of amides is 1. The van der Waals surface area contributed by atoms with Gasteiger partial charge in [0.25, 0.3) is 5.91 Å². The fourth-order valence-electron chi connectivity index (χ4n) is 1.47. The summed E-state index contributed by atoms with van der Waals surface area (Å²) in [6.07, 6.45) is 1.25. The van der Waals surface area contributed by atoms with Crippen LogP contribution in [0.15, 0.2) is 36.5 Å². The Morgan fingerprint density at radius 1 is 1.15 bits per heavy atom. The number of hydrogen-bond donors (Lipinski definition) is 2. The van der Waals surface area contributed by atoms with E-state index in [1.54, 1.807) is 12.1 Å². The number of benzene rings is 1. The fraction of sp³-hybridized carbons (Fsp3) is 0. The monoisotopic (exact) mass is 310 g/mol. The Bertz CT molecular complexity index is 689. The van der Waals surface area contributed by atoms with Gasteiger partial charge in [-0.15, -0.1) is 0 Å². The van der Waals surface area contributed by atoms with Gasteiger partial charge in [-0.1, -0.05) is 23.2 Å². The molecular weight excluding hydrogens is 303 g/mol. The van der Waals surface area contributed by atoms with Crippen LogP contribution in [0, 0.1) is 0 Å². The molecule has 0 spiro atoms. The SMILES string of the molecule is O=C(Nc1ccc(Cl)cc1Cl)c1ccnc(C(=O)O)c1. The standard InChI is InChI=1S/C13H8Cl2N2O3/c14-8-1-2-10(9(15)6-8)17-12(18)7-3-4-16-11(5-7)13(19)20/h1-6H,(H,17,18)(H,19,20). The van der Waals surface area contributed by atoms with Crippen LogP contribution < -0.4 is 5.32 Å². The summed E-state index contributed by atoms with van der Waals surface area (Å²) in [5, 5.41) is 12.1. The molecule has 0 aliphatic rings. The number of nitrogens with zero attached hydrogens (tertiary/aromatic N) is 1. The van der Waals surface area contributed by atoms with Crippen LogP contribution in [0.25, 0.3) is 0 Å². The second-order valence-electron chi connectivity index (χ2n) is 3.81. The van der Waals surface area contributed by atoms with Gasteiger partial charge in [0.05, 0.1) is 10.7 Å². The van der Waals surface area contributed by atoms with E-state index in [0.717, 1.165) is 0 Å². The Balaban J connectivity index is 2.24. The van der Waals surface area contributed by atoms with Crippen molar-refractivity contribution in [3.8, 4) is 0 Å². The highest BCUT2D eigenvalue weighted by molar-refractivity contribution is 6.36. The number of carboxylic acids is 1. The molecule has 1 heterocycles. The van der Waals surface area contributed by atoms with Gasteiger partial charge in [-0.05, 0) is 30.3 Å². The van der Waals surface area contributed by atoms with E-state index in [1.165, 1.54) is 24.4 Å². The normalized spacial score (nSPS) is 10.1. The highest BCUT2D eigenvalue weighted by atomic mass is 35.5. The smallest absolute Gasteiger partial charge is 0.354 e. The second kappa shape index (κ2) is 5.90. The van der Waals surface area contributed by atoms with Crippen molar-refractivity contribution in [3.05, 3.63) is 57.8 Å². The summed E-state index contributed by atoms with van der Waals surface area (Å²) < 4.78 is 0. The molecule has 2 rings (SSSR count). The maximum absolute atomic E-state index is 12.0. The van der Waals surface area contributed by atoms with Crippen LogP contribution in [0.1, 0.15) is 20.8 Å². The Labute approximate surface area is 124 Å². The highest BCUT2D eigenvalue weighted by Gasteiger charge is 2.12. The van der Waals surface area contributed by atoms with E-state index < -0.39 is 11.9 Å². The first kappa shape index (κ1) is 14.3. The first-order chi connectivity index (χ1) is 9.47. The zero-order valence-corrected chi connectivity index (χ0v) is 11.4. The molecule has 20 heavy (non-hydrogen) atoms. The first-order valence-electron chi connectivity index (χ1n) is 5.43. The van der Waals surface area contributed by atoms with Crippen LogP contribution in [0.2, 0.25) is 10.0 Å². The molecule has 0 aliphatic heterocycles. The number of aromatic nitrogens is 1. The summed E-state index contributed by atoms with van der Waals surface area (Å²) in [6, 6.07) is 7.22. The molecule has 0 unspecified atom stereocenters. The average Bonchev–Trinajstić information content (AvgIpc) is 2.42. The van der Waals surface area contributed by atoms with Crippen LogP contribution in [-0.4, -0.2) is 22.0 Å². The largest absolute Gasteiger partial charge is 0.477 e. The third-order valence-electron chi connectivity index (χ3n) is 2.42. The molecule has 0 fully saturated rings. The number of hydrogen-bond acceptors (Lipinski definition) is 3. The quantitative estimate of drug-likeness (QED) is 0.911. The van der Waals surface area contributed by atoms with E-state index in [2.05, 4.69) is 10.3 Å². The molecule has 0 aliphatic carbocycles. The molecule has 102 valence electrons. The van der Waals surface area contributed by atoms with Crippen LogP contribution in [0.3, 0.4) is 0 Å². The second-order valence-corrected chi connectivity index (χ2v) is 4.66. The molecule has 1 amide bonds. The van der Waals surface area contributed by atoms with Gasteiger partial charge in [0, 0.05) is 16.8 Å². The third kappa shape index (κ3) is 3.26. The number of pyridine rings is 1. The van der Waals surface area contributed by atoms with E-state index >= 15 is 0 Å². The van der Waals surface area contributed by atoms with Gasteiger partial charge < -0.3 is 10.4 Å². The summed E-state index contributed by atoms with van der Waals surface area (Å²) in [4.78, 5) is 26.4. The van der Waals surface area contributed by atoms with E-state index in [9.17, 15) is 9.59 Å². The lowest BCUT2D eigenvalue weighted by atomic mass is 10.2. The van der Waals surface area contributed by atoms with Crippen molar-refractivity contribution >= 4 is 40.8 Å². The van der Waals surface area contributed by atoms with Crippen LogP contribution in [0.4, 0.5) is 5.69 Å². The lowest BCUT2D eigenvalue weighted by Gasteiger charge is -2.07. The summed E-state index contributed by atoms with van der Waals surface area (Å²) in [5.41, 5.74) is 0.345. The molecule has 0 radical (unpaired) electrons. The number of carbonyl (C=O) groups excluding carboxylic acids is 1. The number of aromatic carboxylic acids is 1. The van der Waals surface area contributed by atoms with Gasteiger partial charge in [0.15, 0.2) is 0 Å². The van der Waals surface area contributed by atoms with E-state index in [0.29, 0.717) is 15.7 Å². The molecule has 1 aromatic carbocycles. The third-order valence-corrected chi connectivity index (χ3v) is 2.97. The summed E-state index contributed by atoms with van der Waals surface area (Å²) in [6.45, 7) is 0. The van der Waals surface area contributed by atoms with Gasteiger partial charge >= 0.3 is 5.97 Å². The minimum Gasteiger partial charge on any atom is -0.477 e. The lowest BCUT2D eigenvalue weighted by molar-refractivity contribution is 0.0690. The summed E-state index contributed by atoms with van der Waals surface area (Å²) >= 11 is 11.7. The minimum atomic E-state index is -1.20. The number of nitrogens with one attached hydrogen (secondary N) is 1. The Hall–Kier alpha value is -2.11. The van der Waals surface area contributed by atoms with Gasteiger partial charge in [0.1, 0.15) is 5.69 Å². The maximum atomic E-state index is 12.0. The molecule has 2 N–H and O–H groups in total. The van der Waals surface area contributed by atoms with Crippen molar-refractivity contribution in [3.63, 3.8) is 0 Å². The number of carbonyl (C=O) groups is 2. The van der Waals surface area contributed by atoms with Crippen molar-refractivity contribution in [1.82, 2.24) is 4.98 Å². The molecule has 0 saturated heterocycles.